The first-order valence-electron chi connectivity index (χ1n) is 8.77. The van der Waals surface area contributed by atoms with Crippen molar-refractivity contribution < 1.29 is 23.0 Å². The van der Waals surface area contributed by atoms with Gasteiger partial charge in [-0.15, -0.1) is 0 Å². The molecule has 0 saturated carbocycles. The molecule has 0 fully saturated rings. The van der Waals surface area contributed by atoms with Gasteiger partial charge in [0.1, 0.15) is 0 Å². The summed E-state index contributed by atoms with van der Waals surface area (Å²) in [6, 6.07) is 12.8. The summed E-state index contributed by atoms with van der Waals surface area (Å²) in [6.45, 7) is -0.195. The third-order valence-corrected chi connectivity index (χ3v) is 4.57. The van der Waals surface area contributed by atoms with E-state index in [-0.39, 0.29) is 17.1 Å². The molecule has 0 bridgehead atoms. The Morgan fingerprint density at radius 3 is 2.70 bits per heavy atom. The van der Waals surface area contributed by atoms with Crippen molar-refractivity contribution in [3.63, 3.8) is 0 Å². The van der Waals surface area contributed by atoms with Crippen molar-refractivity contribution in [1.82, 2.24) is 10.2 Å². The first-order chi connectivity index (χ1) is 13.1. The standard InChI is InChI=1S/C20H22F2N2O3/c1-26-17-8-4-7-16(18(17)27-20(21)22)19(25)23-10-12-24-11-9-14-5-2-3-6-15(14)13-24/h2-8,20H,9-13H2,1H3,(H,23,25). The molecule has 144 valence electrons. The number of halogens is 2. The number of nitrogens with zero attached hydrogens (tertiary/aromatic N) is 1. The number of hydrogen-bond acceptors (Lipinski definition) is 4. The smallest absolute Gasteiger partial charge is 0.387 e. The minimum Gasteiger partial charge on any atom is -0.493 e. The van der Waals surface area contributed by atoms with Gasteiger partial charge in [0, 0.05) is 26.2 Å². The maximum absolute atomic E-state index is 12.7. The van der Waals surface area contributed by atoms with E-state index in [1.807, 2.05) is 12.1 Å². The summed E-state index contributed by atoms with van der Waals surface area (Å²) in [4.78, 5) is 14.7. The molecular weight excluding hydrogens is 354 g/mol. The van der Waals surface area contributed by atoms with Gasteiger partial charge in [-0.3, -0.25) is 9.69 Å². The molecule has 1 aliphatic rings. The van der Waals surface area contributed by atoms with Crippen LogP contribution in [0.5, 0.6) is 11.5 Å². The summed E-state index contributed by atoms with van der Waals surface area (Å²) in [5, 5.41) is 2.77. The molecular formula is C20H22F2N2O3. The summed E-state index contributed by atoms with van der Waals surface area (Å²) in [6.07, 6.45) is 0.979. The van der Waals surface area contributed by atoms with Gasteiger partial charge in [-0.25, -0.2) is 0 Å². The fourth-order valence-electron chi connectivity index (χ4n) is 3.23. The van der Waals surface area contributed by atoms with Gasteiger partial charge in [-0.2, -0.15) is 8.78 Å². The number of carbonyl (C=O) groups excluding carboxylic acids is 1. The summed E-state index contributed by atoms with van der Waals surface area (Å²) >= 11 is 0. The third-order valence-electron chi connectivity index (χ3n) is 4.57. The van der Waals surface area contributed by atoms with Crippen LogP contribution in [0.15, 0.2) is 42.5 Å². The molecule has 3 rings (SSSR count). The van der Waals surface area contributed by atoms with E-state index in [1.54, 1.807) is 6.07 Å². The largest absolute Gasteiger partial charge is 0.493 e. The number of hydrogen-bond donors (Lipinski definition) is 1. The average Bonchev–Trinajstić information content (AvgIpc) is 2.67. The number of fused-ring (bicyclic) bond motifs is 1. The van der Waals surface area contributed by atoms with Gasteiger partial charge in [0.05, 0.1) is 12.7 Å². The second-order valence-corrected chi connectivity index (χ2v) is 6.27. The molecule has 0 spiro atoms. The molecule has 1 N–H and O–H groups in total. The van der Waals surface area contributed by atoms with Crippen molar-refractivity contribution in [3.05, 3.63) is 59.2 Å². The maximum Gasteiger partial charge on any atom is 0.387 e. The van der Waals surface area contributed by atoms with E-state index >= 15 is 0 Å². The van der Waals surface area contributed by atoms with Gasteiger partial charge >= 0.3 is 6.61 Å². The lowest BCUT2D eigenvalue weighted by molar-refractivity contribution is -0.0515. The molecule has 1 amide bonds. The lowest BCUT2D eigenvalue weighted by Gasteiger charge is -2.28. The lowest BCUT2D eigenvalue weighted by atomic mass is 10.00. The highest BCUT2D eigenvalue weighted by Crippen LogP contribution is 2.32. The molecule has 0 aliphatic carbocycles. The molecule has 1 aliphatic heterocycles. The Morgan fingerprint density at radius 2 is 1.96 bits per heavy atom. The second kappa shape index (κ2) is 8.81. The number of alkyl halides is 2. The molecule has 0 atom stereocenters. The Bertz CT molecular complexity index is 799. The van der Waals surface area contributed by atoms with Gasteiger partial charge in [0.15, 0.2) is 11.5 Å². The number of ether oxygens (including phenoxy) is 2. The van der Waals surface area contributed by atoms with Crippen LogP contribution in [0, 0.1) is 0 Å². The lowest BCUT2D eigenvalue weighted by Crippen LogP contribution is -2.37. The van der Waals surface area contributed by atoms with E-state index in [9.17, 15) is 13.6 Å². The maximum atomic E-state index is 12.7. The SMILES string of the molecule is COc1cccc(C(=O)NCCN2CCc3ccccc3C2)c1OC(F)F. The number of rotatable bonds is 7. The first-order valence-corrected chi connectivity index (χ1v) is 8.77. The van der Waals surface area contributed by atoms with Crippen LogP contribution in [0.4, 0.5) is 8.78 Å². The zero-order chi connectivity index (χ0) is 19.2. The number of para-hydroxylation sites is 1. The minimum absolute atomic E-state index is 0.0265. The monoisotopic (exact) mass is 376 g/mol. The zero-order valence-electron chi connectivity index (χ0n) is 15.1. The molecule has 7 heteroatoms. The van der Waals surface area contributed by atoms with Gasteiger partial charge in [-0.1, -0.05) is 30.3 Å². The van der Waals surface area contributed by atoms with E-state index in [0.717, 1.165) is 19.5 Å². The van der Waals surface area contributed by atoms with Crippen molar-refractivity contribution in [2.75, 3.05) is 26.7 Å². The number of carbonyl (C=O) groups is 1. The molecule has 27 heavy (non-hydrogen) atoms. The van der Waals surface area contributed by atoms with Crippen LogP contribution in [0.3, 0.4) is 0 Å². The van der Waals surface area contributed by atoms with Crippen molar-refractivity contribution in [1.29, 1.82) is 0 Å². The highest BCUT2D eigenvalue weighted by atomic mass is 19.3. The Hall–Kier alpha value is -2.67. The molecule has 1 heterocycles. The van der Waals surface area contributed by atoms with E-state index in [0.29, 0.717) is 13.1 Å². The van der Waals surface area contributed by atoms with Gasteiger partial charge in [-0.05, 0) is 29.7 Å². The van der Waals surface area contributed by atoms with Crippen LogP contribution in [-0.2, 0) is 13.0 Å². The van der Waals surface area contributed by atoms with Gasteiger partial charge in [0.2, 0.25) is 0 Å². The summed E-state index contributed by atoms with van der Waals surface area (Å²) in [5.74, 6) is -0.628. The van der Waals surface area contributed by atoms with Crippen LogP contribution < -0.4 is 14.8 Å². The Labute approximate surface area is 156 Å². The normalized spacial score (nSPS) is 13.9. The molecule has 0 radical (unpaired) electrons. The fraction of sp³-hybridized carbons (Fsp3) is 0.350. The van der Waals surface area contributed by atoms with Crippen molar-refractivity contribution in [2.24, 2.45) is 0 Å². The van der Waals surface area contributed by atoms with Crippen LogP contribution in [-0.4, -0.2) is 44.2 Å². The number of methoxy groups -OCH3 is 1. The number of nitrogens with one attached hydrogen (secondary N) is 1. The van der Waals surface area contributed by atoms with E-state index in [2.05, 4.69) is 27.1 Å². The second-order valence-electron chi connectivity index (χ2n) is 6.27. The molecule has 2 aromatic carbocycles. The Morgan fingerprint density at radius 1 is 1.19 bits per heavy atom. The molecule has 0 saturated heterocycles. The van der Waals surface area contributed by atoms with Crippen LogP contribution in [0.25, 0.3) is 0 Å². The molecule has 5 nitrogen and oxygen atoms in total. The Balaban J connectivity index is 1.59. The van der Waals surface area contributed by atoms with Crippen molar-refractivity contribution in [3.8, 4) is 11.5 Å². The average molecular weight is 376 g/mol. The Kier molecular flexibility index (Phi) is 6.24. The summed E-state index contributed by atoms with van der Waals surface area (Å²) in [7, 11) is 1.34. The highest BCUT2D eigenvalue weighted by Gasteiger charge is 2.21. The molecule has 2 aromatic rings. The summed E-state index contributed by atoms with van der Waals surface area (Å²) < 4.78 is 34.9. The first kappa shape index (κ1) is 19.1. The van der Waals surface area contributed by atoms with Crippen LogP contribution in [0.2, 0.25) is 0 Å². The third kappa shape index (κ3) is 4.74. The van der Waals surface area contributed by atoms with E-state index in [4.69, 9.17) is 4.74 Å². The molecule has 0 aromatic heterocycles. The quantitative estimate of drug-likeness (QED) is 0.807. The predicted molar refractivity (Wildman–Crippen MR) is 97.4 cm³/mol. The van der Waals surface area contributed by atoms with Crippen molar-refractivity contribution in [2.45, 2.75) is 19.6 Å². The van der Waals surface area contributed by atoms with Crippen LogP contribution >= 0.6 is 0 Å². The predicted octanol–water partition coefficient (Wildman–Crippen LogP) is 3.08. The minimum atomic E-state index is -3.04. The van der Waals surface area contributed by atoms with Gasteiger partial charge in [0.25, 0.3) is 5.91 Å². The van der Waals surface area contributed by atoms with E-state index < -0.39 is 12.5 Å². The number of benzene rings is 2. The number of amides is 1. The zero-order valence-corrected chi connectivity index (χ0v) is 15.1. The summed E-state index contributed by atoms with van der Waals surface area (Å²) in [5.41, 5.74) is 2.69. The topological polar surface area (TPSA) is 50.8 Å². The van der Waals surface area contributed by atoms with Crippen LogP contribution in [0.1, 0.15) is 21.5 Å². The molecule has 0 unspecified atom stereocenters. The highest BCUT2D eigenvalue weighted by molar-refractivity contribution is 5.97. The van der Waals surface area contributed by atoms with Crippen molar-refractivity contribution >= 4 is 5.91 Å². The fourth-order valence-corrected chi connectivity index (χ4v) is 3.23. The van der Waals surface area contributed by atoms with E-state index in [1.165, 1.54) is 30.4 Å². The van der Waals surface area contributed by atoms with Gasteiger partial charge < -0.3 is 14.8 Å².